The molecule has 0 amide bonds. The summed E-state index contributed by atoms with van der Waals surface area (Å²) in [5.74, 6) is 0. The van der Waals surface area contributed by atoms with Crippen LogP contribution in [0.5, 0.6) is 0 Å². The van der Waals surface area contributed by atoms with Gasteiger partial charge in [0.25, 0.3) is 0 Å². The molecule has 2 heteroatoms. The molecule has 0 saturated heterocycles. The molecule has 0 aliphatic carbocycles. The van der Waals surface area contributed by atoms with Crippen LogP contribution in [0, 0.1) is 13.8 Å². The minimum atomic E-state index is 0.692. The van der Waals surface area contributed by atoms with Gasteiger partial charge in [-0.25, -0.2) is 0 Å². The molecule has 1 aliphatic heterocycles. The summed E-state index contributed by atoms with van der Waals surface area (Å²) < 4.78 is 0. The topological polar surface area (TPSA) is 21.3 Å². The zero-order valence-electron chi connectivity index (χ0n) is 6.77. The van der Waals surface area contributed by atoms with Gasteiger partial charge in [-0.15, -0.1) is 0 Å². The van der Waals surface area contributed by atoms with Gasteiger partial charge in [0.2, 0.25) is 0 Å². The van der Waals surface area contributed by atoms with Crippen molar-refractivity contribution in [2.45, 2.75) is 20.5 Å². The summed E-state index contributed by atoms with van der Waals surface area (Å²) in [5.41, 5.74) is 7.87. The highest BCUT2D eigenvalue weighted by molar-refractivity contribution is 5.58. The molecular weight excluding hydrogens is 138 g/mol. The van der Waals surface area contributed by atoms with Crippen LogP contribution in [0.25, 0.3) is 0 Å². The van der Waals surface area contributed by atoms with E-state index in [1.54, 1.807) is 0 Å². The minimum Gasteiger partial charge on any atom is -0.271 e. The lowest BCUT2D eigenvalue weighted by molar-refractivity contribution is 0.202. The predicted octanol–water partition coefficient (Wildman–Crippen LogP) is 2.16. The fraction of sp³-hybridized carbons (Fsp3) is 0.333. The van der Waals surface area contributed by atoms with Crippen LogP contribution >= 0.6 is 0 Å². The summed E-state index contributed by atoms with van der Waals surface area (Å²) in [4.78, 5) is 5.10. The lowest BCUT2D eigenvalue weighted by Crippen LogP contribution is -1.90. The molecular formula is C9H11NO. The number of hydrogen-bond donors (Lipinski definition) is 1. The Bertz CT molecular complexity index is 294. The van der Waals surface area contributed by atoms with E-state index in [2.05, 4.69) is 31.5 Å². The largest absolute Gasteiger partial charge is 0.271 e. The number of hydrogen-bond acceptors (Lipinski definition) is 2. The Labute approximate surface area is 66.1 Å². The molecule has 0 radical (unpaired) electrons. The van der Waals surface area contributed by atoms with Crippen LogP contribution in [-0.2, 0) is 11.4 Å². The van der Waals surface area contributed by atoms with Crippen LogP contribution in [0.3, 0.4) is 0 Å². The first-order valence-corrected chi connectivity index (χ1v) is 3.75. The smallest absolute Gasteiger partial charge is 0.102 e. The third-order valence-corrected chi connectivity index (χ3v) is 1.96. The minimum absolute atomic E-state index is 0.692. The average molecular weight is 149 g/mol. The van der Waals surface area contributed by atoms with Gasteiger partial charge in [0.1, 0.15) is 6.61 Å². The van der Waals surface area contributed by atoms with Crippen molar-refractivity contribution in [3.05, 3.63) is 28.8 Å². The van der Waals surface area contributed by atoms with Crippen molar-refractivity contribution < 1.29 is 4.84 Å². The first-order valence-electron chi connectivity index (χ1n) is 3.75. The molecule has 58 valence electrons. The SMILES string of the molecule is Cc1cc(C)c2c(c1)CON2. The highest BCUT2D eigenvalue weighted by atomic mass is 16.6. The second-order valence-electron chi connectivity index (χ2n) is 3.01. The summed E-state index contributed by atoms with van der Waals surface area (Å²) in [6.45, 7) is 4.89. The van der Waals surface area contributed by atoms with Crippen LogP contribution in [0.4, 0.5) is 5.69 Å². The molecule has 0 atom stereocenters. The maximum Gasteiger partial charge on any atom is 0.102 e. The van der Waals surface area contributed by atoms with Crippen molar-refractivity contribution in [1.29, 1.82) is 0 Å². The van der Waals surface area contributed by atoms with E-state index in [1.807, 2.05) is 0 Å². The molecule has 2 nitrogen and oxygen atoms in total. The summed E-state index contributed by atoms with van der Waals surface area (Å²) in [7, 11) is 0. The Morgan fingerprint density at radius 2 is 2.18 bits per heavy atom. The van der Waals surface area contributed by atoms with E-state index in [-0.39, 0.29) is 0 Å². The molecule has 1 aliphatic rings. The molecule has 1 aromatic carbocycles. The Morgan fingerprint density at radius 3 is 3.00 bits per heavy atom. The van der Waals surface area contributed by atoms with E-state index in [4.69, 9.17) is 4.84 Å². The van der Waals surface area contributed by atoms with Crippen LogP contribution in [0.1, 0.15) is 16.7 Å². The molecule has 0 aromatic heterocycles. The number of fused-ring (bicyclic) bond motifs is 1. The molecule has 0 fully saturated rings. The average Bonchev–Trinajstić information content (AvgIpc) is 2.34. The number of anilines is 1. The maximum absolute atomic E-state index is 5.10. The number of nitrogens with one attached hydrogen (secondary N) is 1. The number of aryl methyl sites for hydroxylation is 2. The van der Waals surface area contributed by atoms with Crippen molar-refractivity contribution in [2.24, 2.45) is 0 Å². The molecule has 11 heavy (non-hydrogen) atoms. The summed E-state index contributed by atoms with van der Waals surface area (Å²) in [5, 5.41) is 0. The molecule has 0 saturated carbocycles. The molecule has 1 N–H and O–H groups in total. The monoisotopic (exact) mass is 149 g/mol. The van der Waals surface area contributed by atoms with Crippen LogP contribution < -0.4 is 5.48 Å². The standard InChI is InChI=1S/C9H11NO/c1-6-3-7(2)9-8(4-6)5-11-10-9/h3-4,10H,5H2,1-2H3. The quantitative estimate of drug-likeness (QED) is 0.610. The summed E-state index contributed by atoms with van der Waals surface area (Å²) in [6, 6.07) is 4.31. The molecule has 1 heterocycles. The third kappa shape index (κ3) is 0.994. The number of rotatable bonds is 0. The summed E-state index contributed by atoms with van der Waals surface area (Å²) >= 11 is 0. The van der Waals surface area contributed by atoms with Crippen LogP contribution in [0.2, 0.25) is 0 Å². The van der Waals surface area contributed by atoms with Crippen molar-refractivity contribution in [2.75, 3.05) is 5.48 Å². The van der Waals surface area contributed by atoms with Gasteiger partial charge < -0.3 is 0 Å². The van der Waals surface area contributed by atoms with Gasteiger partial charge in [-0.3, -0.25) is 10.3 Å². The van der Waals surface area contributed by atoms with E-state index >= 15 is 0 Å². The maximum atomic E-state index is 5.10. The molecule has 1 aromatic rings. The van der Waals surface area contributed by atoms with Gasteiger partial charge in [0.15, 0.2) is 0 Å². The molecule has 2 rings (SSSR count). The second kappa shape index (κ2) is 2.24. The Morgan fingerprint density at radius 1 is 1.36 bits per heavy atom. The van der Waals surface area contributed by atoms with Crippen molar-refractivity contribution in [3.8, 4) is 0 Å². The van der Waals surface area contributed by atoms with Gasteiger partial charge in [-0.05, 0) is 19.4 Å². The van der Waals surface area contributed by atoms with Crippen molar-refractivity contribution in [3.63, 3.8) is 0 Å². The Hall–Kier alpha value is -1.02. The fourth-order valence-electron chi connectivity index (χ4n) is 1.50. The highest BCUT2D eigenvalue weighted by Crippen LogP contribution is 2.27. The van der Waals surface area contributed by atoms with Crippen LogP contribution in [0.15, 0.2) is 12.1 Å². The Balaban J connectivity index is 2.60. The second-order valence-corrected chi connectivity index (χ2v) is 3.01. The molecule has 0 spiro atoms. The Kier molecular flexibility index (Phi) is 1.36. The zero-order valence-corrected chi connectivity index (χ0v) is 6.77. The lowest BCUT2D eigenvalue weighted by atomic mass is 10.1. The van der Waals surface area contributed by atoms with Crippen molar-refractivity contribution >= 4 is 5.69 Å². The number of benzene rings is 1. The fourth-order valence-corrected chi connectivity index (χ4v) is 1.50. The van der Waals surface area contributed by atoms with E-state index in [9.17, 15) is 0 Å². The van der Waals surface area contributed by atoms with E-state index in [0.717, 1.165) is 5.69 Å². The van der Waals surface area contributed by atoms with E-state index in [1.165, 1.54) is 16.7 Å². The molecule has 0 unspecified atom stereocenters. The predicted molar refractivity (Wildman–Crippen MR) is 44.3 cm³/mol. The normalized spacial score (nSPS) is 14.4. The van der Waals surface area contributed by atoms with E-state index in [0.29, 0.717) is 6.61 Å². The van der Waals surface area contributed by atoms with Crippen molar-refractivity contribution in [1.82, 2.24) is 0 Å². The van der Waals surface area contributed by atoms with Gasteiger partial charge in [-0.1, -0.05) is 17.7 Å². The first kappa shape index (κ1) is 6.68. The first-order chi connectivity index (χ1) is 5.27. The zero-order chi connectivity index (χ0) is 7.84. The molecule has 0 bridgehead atoms. The van der Waals surface area contributed by atoms with Gasteiger partial charge in [0, 0.05) is 5.56 Å². The van der Waals surface area contributed by atoms with Gasteiger partial charge >= 0.3 is 0 Å². The van der Waals surface area contributed by atoms with Gasteiger partial charge in [-0.2, -0.15) is 0 Å². The summed E-state index contributed by atoms with van der Waals surface area (Å²) in [6.07, 6.45) is 0. The third-order valence-electron chi connectivity index (χ3n) is 1.96. The lowest BCUT2D eigenvalue weighted by Gasteiger charge is -2.02. The van der Waals surface area contributed by atoms with Gasteiger partial charge in [0.05, 0.1) is 5.69 Å². The van der Waals surface area contributed by atoms with E-state index < -0.39 is 0 Å². The highest BCUT2D eigenvalue weighted by Gasteiger charge is 2.12. The van der Waals surface area contributed by atoms with Crippen LogP contribution in [-0.4, -0.2) is 0 Å².